The van der Waals surface area contributed by atoms with Crippen LogP contribution in [-0.2, 0) is 9.31 Å². The zero-order valence-corrected chi connectivity index (χ0v) is 13.2. The van der Waals surface area contributed by atoms with E-state index in [-0.39, 0.29) is 18.3 Å². The molecule has 3 nitrogen and oxygen atoms in total. The van der Waals surface area contributed by atoms with Crippen LogP contribution in [0.5, 0.6) is 5.75 Å². The molecule has 0 spiro atoms. The molecule has 1 aromatic rings. The van der Waals surface area contributed by atoms with Crippen molar-refractivity contribution in [3.05, 3.63) is 35.3 Å². The first kappa shape index (κ1) is 15.1. The van der Waals surface area contributed by atoms with Gasteiger partial charge in [0, 0.05) is 0 Å². The van der Waals surface area contributed by atoms with Gasteiger partial charge in [0.2, 0.25) is 0 Å². The van der Waals surface area contributed by atoms with Gasteiger partial charge in [-0.25, -0.2) is 0 Å². The highest BCUT2D eigenvalue weighted by Gasteiger charge is 2.51. The first-order chi connectivity index (χ1) is 9.25. The van der Waals surface area contributed by atoms with Crippen molar-refractivity contribution in [3.63, 3.8) is 0 Å². The van der Waals surface area contributed by atoms with Crippen LogP contribution in [0, 0.1) is 0 Å². The minimum Gasteiger partial charge on any atom is -0.497 e. The molecule has 4 heteroatoms. The van der Waals surface area contributed by atoms with Crippen molar-refractivity contribution in [2.45, 2.75) is 45.8 Å². The van der Waals surface area contributed by atoms with E-state index in [1.54, 1.807) is 7.11 Å². The summed E-state index contributed by atoms with van der Waals surface area (Å²) in [5.74, 6) is 0.857. The van der Waals surface area contributed by atoms with E-state index in [0.29, 0.717) is 0 Å². The zero-order valence-electron chi connectivity index (χ0n) is 13.2. The fourth-order valence-corrected chi connectivity index (χ4v) is 2.06. The molecule has 2 rings (SSSR count). The second-order valence-corrected chi connectivity index (χ2v) is 6.25. The normalized spacial score (nSPS) is 21.1. The van der Waals surface area contributed by atoms with E-state index in [9.17, 15) is 0 Å². The van der Waals surface area contributed by atoms with Crippen molar-refractivity contribution in [2.75, 3.05) is 7.11 Å². The Morgan fingerprint density at radius 3 is 2.00 bits per heavy atom. The van der Waals surface area contributed by atoms with E-state index in [1.165, 1.54) is 0 Å². The largest absolute Gasteiger partial charge is 0.497 e. The molecule has 1 aliphatic rings. The molecule has 1 aromatic carbocycles. The predicted molar refractivity (Wildman–Crippen MR) is 82.7 cm³/mol. The summed E-state index contributed by atoms with van der Waals surface area (Å²) < 4.78 is 17.2. The molecule has 0 unspecified atom stereocenters. The molecule has 20 heavy (non-hydrogen) atoms. The molecule has 1 heterocycles. The minimum atomic E-state index is -0.299. The number of ether oxygens (including phenoxy) is 1. The van der Waals surface area contributed by atoms with E-state index in [1.807, 2.05) is 31.2 Å². The summed E-state index contributed by atoms with van der Waals surface area (Å²) in [6.07, 6.45) is 2.08. The summed E-state index contributed by atoms with van der Waals surface area (Å²) in [6, 6.07) is 7.94. The molecule has 1 aliphatic heterocycles. The molecule has 0 radical (unpaired) electrons. The van der Waals surface area contributed by atoms with Crippen LogP contribution >= 0.6 is 0 Å². The summed E-state index contributed by atoms with van der Waals surface area (Å²) in [7, 11) is 1.38. The highest BCUT2D eigenvalue weighted by Crippen LogP contribution is 2.38. The standard InChI is InChI=1S/C16H23BO3/c1-12(11-13-7-9-14(18-6)10-8-13)17-19-15(2,3)16(4,5)20-17/h7-11H,1-6H3/b12-11+. The number of rotatable bonds is 3. The van der Waals surface area contributed by atoms with Gasteiger partial charge in [-0.1, -0.05) is 18.2 Å². The van der Waals surface area contributed by atoms with Gasteiger partial charge in [0.1, 0.15) is 5.75 Å². The van der Waals surface area contributed by atoms with E-state index in [2.05, 4.69) is 33.8 Å². The van der Waals surface area contributed by atoms with Gasteiger partial charge in [0.25, 0.3) is 0 Å². The maximum Gasteiger partial charge on any atom is 0.490 e. The maximum absolute atomic E-state index is 6.03. The topological polar surface area (TPSA) is 27.7 Å². The van der Waals surface area contributed by atoms with Gasteiger partial charge in [-0.3, -0.25) is 0 Å². The Bertz CT molecular complexity index is 487. The summed E-state index contributed by atoms with van der Waals surface area (Å²) >= 11 is 0. The molecule has 0 bridgehead atoms. The van der Waals surface area contributed by atoms with Crippen LogP contribution in [0.4, 0.5) is 0 Å². The second kappa shape index (κ2) is 5.26. The summed E-state index contributed by atoms with van der Waals surface area (Å²) in [6.45, 7) is 10.3. The Labute approximate surface area is 122 Å². The number of benzene rings is 1. The van der Waals surface area contributed by atoms with Crippen LogP contribution in [0.25, 0.3) is 6.08 Å². The molecule has 0 atom stereocenters. The lowest BCUT2D eigenvalue weighted by Gasteiger charge is -2.32. The third-order valence-corrected chi connectivity index (χ3v) is 4.14. The van der Waals surface area contributed by atoms with Crippen LogP contribution in [0.15, 0.2) is 29.7 Å². The Morgan fingerprint density at radius 1 is 1.05 bits per heavy atom. The first-order valence-electron chi connectivity index (χ1n) is 6.93. The van der Waals surface area contributed by atoms with Crippen molar-refractivity contribution in [2.24, 2.45) is 0 Å². The van der Waals surface area contributed by atoms with Gasteiger partial charge in [0.15, 0.2) is 0 Å². The average Bonchev–Trinajstić information content (AvgIpc) is 2.59. The lowest BCUT2D eigenvalue weighted by molar-refractivity contribution is 0.00578. The van der Waals surface area contributed by atoms with Gasteiger partial charge in [0.05, 0.1) is 18.3 Å². The summed E-state index contributed by atoms with van der Waals surface area (Å²) in [5.41, 5.74) is 1.58. The second-order valence-electron chi connectivity index (χ2n) is 6.25. The lowest BCUT2D eigenvalue weighted by Crippen LogP contribution is -2.41. The third-order valence-electron chi connectivity index (χ3n) is 4.14. The molecule has 1 fully saturated rings. The number of allylic oxidation sites excluding steroid dienone is 1. The summed E-state index contributed by atoms with van der Waals surface area (Å²) in [5, 5.41) is 0. The smallest absolute Gasteiger partial charge is 0.490 e. The van der Waals surface area contributed by atoms with Crippen LogP contribution < -0.4 is 4.74 Å². The highest BCUT2D eigenvalue weighted by molar-refractivity contribution is 6.55. The fourth-order valence-electron chi connectivity index (χ4n) is 2.06. The van der Waals surface area contributed by atoms with E-state index >= 15 is 0 Å². The number of methoxy groups -OCH3 is 1. The maximum atomic E-state index is 6.03. The fraction of sp³-hybridized carbons (Fsp3) is 0.500. The van der Waals surface area contributed by atoms with E-state index in [0.717, 1.165) is 16.8 Å². The molecular formula is C16H23BO3. The monoisotopic (exact) mass is 274 g/mol. The molecular weight excluding hydrogens is 251 g/mol. The molecule has 0 saturated carbocycles. The van der Waals surface area contributed by atoms with Gasteiger partial charge in [-0.15, -0.1) is 0 Å². The molecule has 0 amide bonds. The molecule has 0 aliphatic carbocycles. The Kier molecular flexibility index (Phi) is 3.98. The summed E-state index contributed by atoms with van der Waals surface area (Å²) in [4.78, 5) is 0. The molecule has 1 saturated heterocycles. The zero-order chi connectivity index (χ0) is 15.0. The predicted octanol–water partition coefficient (Wildman–Crippen LogP) is 3.73. The quantitative estimate of drug-likeness (QED) is 0.786. The van der Waals surface area contributed by atoms with Crippen molar-refractivity contribution in [1.82, 2.24) is 0 Å². The van der Waals surface area contributed by atoms with Crippen molar-refractivity contribution in [3.8, 4) is 5.75 Å². The Balaban J connectivity index is 2.15. The van der Waals surface area contributed by atoms with Crippen LogP contribution in [0.2, 0.25) is 0 Å². The van der Waals surface area contributed by atoms with Gasteiger partial charge in [-0.2, -0.15) is 0 Å². The van der Waals surface area contributed by atoms with Crippen molar-refractivity contribution in [1.29, 1.82) is 0 Å². The van der Waals surface area contributed by atoms with Gasteiger partial charge >= 0.3 is 7.12 Å². The van der Waals surface area contributed by atoms with Gasteiger partial charge < -0.3 is 14.0 Å². The highest BCUT2D eigenvalue weighted by atomic mass is 16.7. The number of hydrogen-bond acceptors (Lipinski definition) is 3. The first-order valence-corrected chi connectivity index (χ1v) is 6.93. The third kappa shape index (κ3) is 2.91. The van der Waals surface area contributed by atoms with Gasteiger partial charge in [-0.05, 0) is 57.8 Å². The van der Waals surface area contributed by atoms with Crippen molar-refractivity contribution < 1.29 is 14.0 Å². The molecule has 108 valence electrons. The lowest BCUT2D eigenvalue weighted by atomic mass is 9.78. The van der Waals surface area contributed by atoms with E-state index < -0.39 is 0 Å². The van der Waals surface area contributed by atoms with E-state index in [4.69, 9.17) is 14.0 Å². The number of hydrogen-bond donors (Lipinski definition) is 0. The molecule has 0 N–H and O–H groups in total. The van der Waals surface area contributed by atoms with Crippen LogP contribution in [-0.4, -0.2) is 25.4 Å². The Hall–Kier alpha value is -1.26. The van der Waals surface area contributed by atoms with Crippen LogP contribution in [0.1, 0.15) is 40.2 Å². The molecule has 0 aromatic heterocycles. The van der Waals surface area contributed by atoms with Crippen molar-refractivity contribution >= 4 is 13.2 Å². The SMILES string of the molecule is COc1ccc(/C=C(\C)B2OC(C)(C)C(C)(C)O2)cc1. The Morgan fingerprint density at radius 2 is 1.55 bits per heavy atom. The average molecular weight is 274 g/mol. The van der Waals surface area contributed by atoms with Crippen LogP contribution in [0.3, 0.4) is 0 Å². The minimum absolute atomic E-state index is 0.290.